The van der Waals surface area contributed by atoms with Gasteiger partial charge < -0.3 is 0 Å². The normalized spacial score (nSPS) is 29.6. The van der Waals surface area contributed by atoms with E-state index in [-0.39, 0.29) is 21.7 Å². The van der Waals surface area contributed by atoms with Crippen molar-refractivity contribution in [3.63, 3.8) is 0 Å². The summed E-state index contributed by atoms with van der Waals surface area (Å²) < 4.78 is 0. The highest BCUT2D eigenvalue weighted by molar-refractivity contribution is 5.83. The Morgan fingerprint density at radius 3 is 1.69 bits per heavy atom. The van der Waals surface area contributed by atoms with Gasteiger partial charge in [0.2, 0.25) is 0 Å². The first-order valence-corrected chi connectivity index (χ1v) is 13.4. The molecule has 0 spiro atoms. The third kappa shape index (κ3) is 3.00. The first-order valence-electron chi connectivity index (χ1n) is 13.4. The Morgan fingerprint density at radius 1 is 0.611 bits per heavy atom. The average molecular weight is 471 g/mol. The summed E-state index contributed by atoms with van der Waals surface area (Å²) in [7, 11) is 0. The van der Waals surface area contributed by atoms with Crippen LogP contribution in [0.2, 0.25) is 0 Å². The van der Waals surface area contributed by atoms with E-state index < -0.39 is 0 Å². The van der Waals surface area contributed by atoms with Crippen LogP contribution in [0.3, 0.4) is 0 Å². The van der Waals surface area contributed by atoms with E-state index in [4.69, 9.17) is 0 Å². The Morgan fingerprint density at radius 2 is 1.14 bits per heavy atom. The van der Waals surface area contributed by atoms with Gasteiger partial charge in [-0.15, -0.1) is 0 Å². The standard InChI is InChI=1S/C36H38/c1-33(2,3)27-19-25-15-16-26-20-28(34(4,5)6)22-31-32-24(18-23-12-10-9-11-13-23)14-17-29(32)30(21-27)35(25,7)36(26,31)8/h9-22H,1-8H3/b24-18+/t35-,36-/m0/s1. The summed E-state index contributed by atoms with van der Waals surface area (Å²) in [5.74, 6) is 0. The van der Waals surface area contributed by atoms with Crippen molar-refractivity contribution in [1.82, 2.24) is 0 Å². The minimum absolute atomic E-state index is 0.0815. The molecule has 0 amide bonds. The summed E-state index contributed by atoms with van der Waals surface area (Å²) in [6.07, 6.45) is 21.9. The predicted octanol–water partition coefficient (Wildman–Crippen LogP) is 9.65. The van der Waals surface area contributed by atoms with Crippen molar-refractivity contribution < 1.29 is 0 Å². The molecule has 0 aliphatic heterocycles. The van der Waals surface area contributed by atoms with Crippen molar-refractivity contribution in [2.24, 2.45) is 21.7 Å². The smallest absolute Gasteiger partial charge is 0.0315 e. The highest BCUT2D eigenvalue weighted by atomic mass is 14.6. The third-order valence-corrected chi connectivity index (χ3v) is 9.30. The van der Waals surface area contributed by atoms with Crippen LogP contribution in [0, 0.1) is 21.7 Å². The molecule has 36 heavy (non-hydrogen) atoms. The molecule has 0 nitrogen and oxygen atoms in total. The number of benzene rings is 1. The molecule has 5 aliphatic rings. The first kappa shape index (κ1) is 23.3. The summed E-state index contributed by atoms with van der Waals surface area (Å²) in [4.78, 5) is 0. The maximum atomic E-state index is 2.53. The zero-order valence-corrected chi connectivity index (χ0v) is 23.1. The number of fused-ring (bicyclic) bond motifs is 1. The van der Waals surface area contributed by atoms with Crippen molar-refractivity contribution in [3.05, 3.63) is 135 Å². The molecule has 0 bridgehead atoms. The topological polar surface area (TPSA) is 0 Å². The number of allylic oxidation sites excluding steroid dienone is 17. The third-order valence-electron chi connectivity index (χ3n) is 9.30. The summed E-state index contributed by atoms with van der Waals surface area (Å²) in [5, 5.41) is 0. The molecule has 0 saturated carbocycles. The van der Waals surface area contributed by atoms with E-state index in [1.54, 1.807) is 0 Å². The van der Waals surface area contributed by atoms with Gasteiger partial charge in [0.25, 0.3) is 0 Å². The second-order valence-corrected chi connectivity index (χ2v) is 13.4. The van der Waals surface area contributed by atoms with E-state index in [1.807, 2.05) is 0 Å². The maximum Gasteiger partial charge on any atom is 0.0315 e. The van der Waals surface area contributed by atoms with Gasteiger partial charge in [0, 0.05) is 10.8 Å². The SMILES string of the molecule is CC(C)(C)C1=CC2=C3C=C/C(=C\c4ccccc4)C3=C3C=C(C(C)(C)C)C=C4C=CC(=C1)[C@]2(C)[C@@]43C. The van der Waals surface area contributed by atoms with Gasteiger partial charge in [0.15, 0.2) is 0 Å². The molecule has 5 aliphatic carbocycles. The van der Waals surface area contributed by atoms with E-state index in [0.717, 1.165) is 0 Å². The van der Waals surface area contributed by atoms with Gasteiger partial charge in [0.05, 0.1) is 0 Å². The molecule has 0 fully saturated rings. The van der Waals surface area contributed by atoms with Crippen LogP contribution in [0.4, 0.5) is 0 Å². The Balaban J connectivity index is 1.73. The van der Waals surface area contributed by atoms with Gasteiger partial charge in [-0.05, 0) is 72.6 Å². The lowest BCUT2D eigenvalue weighted by atomic mass is 9.44. The molecule has 6 rings (SSSR count). The zero-order chi connectivity index (χ0) is 25.7. The molecule has 0 aromatic heterocycles. The molecule has 0 N–H and O–H groups in total. The molecule has 182 valence electrons. The van der Waals surface area contributed by atoms with Crippen LogP contribution in [0.1, 0.15) is 61.0 Å². The van der Waals surface area contributed by atoms with Crippen molar-refractivity contribution in [2.75, 3.05) is 0 Å². The highest BCUT2D eigenvalue weighted by Gasteiger charge is 2.59. The van der Waals surface area contributed by atoms with Crippen molar-refractivity contribution >= 4 is 6.08 Å². The molecular formula is C36H38. The van der Waals surface area contributed by atoms with Crippen molar-refractivity contribution in [1.29, 1.82) is 0 Å². The largest absolute Gasteiger partial charge is 0.0622 e. The van der Waals surface area contributed by atoms with Gasteiger partial charge in [0.1, 0.15) is 0 Å². The molecular weight excluding hydrogens is 432 g/mol. The molecule has 0 saturated heterocycles. The lowest BCUT2D eigenvalue weighted by Crippen LogP contribution is -2.49. The molecule has 0 heterocycles. The van der Waals surface area contributed by atoms with E-state index in [2.05, 4.69) is 140 Å². The van der Waals surface area contributed by atoms with Crippen molar-refractivity contribution in [2.45, 2.75) is 55.4 Å². The monoisotopic (exact) mass is 470 g/mol. The fraction of sp³-hybridized carbons (Fsp3) is 0.333. The molecule has 2 atom stereocenters. The molecule has 1 aromatic rings. The Hall–Kier alpha value is -3.12. The minimum Gasteiger partial charge on any atom is -0.0622 e. The Kier molecular flexibility index (Phi) is 4.67. The van der Waals surface area contributed by atoms with Gasteiger partial charge in [-0.1, -0.05) is 134 Å². The lowest BCUT2D eigenvalue weighted by Gasteiger charge is -2.58. The van der Waals surface area contributed by atoms with Crippen LogP contribution >= 0.6 is 0 Å². The van der Waals surface area contributed by atoms with E-state index in [1.165, 1.54) is 55.7 Å². The lowest BCUT2D eigenvalue weighted by molar-refractivity contribution is 0.242. The van der Waals surface area contributed by atoms with E-state index in [9.17, 15) is 0 Å². The van der Waals surface area contributed by atoms with Crippen LogP contribution in [-0.2, 0) is 0 Å². The molecule has 0 radical (unpaired) electrons. The molecule has 0 heteroatoms. The fourth-order valence-corrected chi connectivity index (χ4v) is 6.75. The van der Waals surface area contributed by atoms with Crippen LogP contribution in [0.15, 0.2) is 129 Å². The number of hydrogen-bond acceptors (Lipinski definition) is 0. The zero-order valence-electron chi connectivity index (χ0n) is 23.1. The van der Waals surface area contributed by atoms with E-state index in [0.29, 0.717) is 0 Å². The predicted molar refractivity (Wildman–Crippen MR) is 154 cm³/mol. The quantitative estimate of drug-likeness (QED) is 0.383. The van der Waals surface area contributed by atoms with Crippen LogP contribution < -0.4 is 0 Å². The van der Waals surface area contributed by atoms with Gasteiger partial charge in [-0.2, -0.15) is 0 Å². The fourth-order valence-electron chi connectivity index (χ4n) is 6.75. The Bertz CT molecular complexity index is 1470. The van der Waals surface area contributed by atoms with Gasteiger partial charge >= 0.3 is 0 Å². The highest BCUT2D eigenvalue weighted by Crippen LogP contribution is 2.69. The summed E-state index contributed by atoms with van der Waals surface area (Å²) in [6.45, 7) is 19.0. The second kappa shape index (κ2) is 7.22. The van der Waals surface area contributed by atoms with Crippen LogP contribution in [0.5, 0.6) is 0 Å². The van der Waals surface area contributed by atoms with Gasteiger partial charge in [-0.25, -0.2) is 0 Å². The van der Waals surface area contributed by atoms with Crippen LogP contribution in [0.25, 0.3) is 6.08 Å². The number of hydrogen-bond donors (Lipinski definition) is 0. The number of rotatable bonds is 1. The van der Waals surface area contributed by atoms with Gasteiger partial charge in [-0.3, -0.25) is 0 Å². The molecule has 0 unspecified atom stereocenters. The van der Waals surface area contributed by atoms with Crippen LogP contribution in [-0.4, -0.2) is 0 Å². The molecule has 1 aromatic carbocycles. The summed E-state index contributed by atoms with van der Waals surface area (Å²) in [5.41, 5.74) is 14.0. The van der Waals surface area contributed by atoms with E-state index >= 15 is 0 Å². The maximum absolute atomic E-state index is 2.53. The Labute approximate surface area is 217 Å². The van der Waals surface area contributed by atoms with Crippen molar-refractivity contribution in [3.8, 4) is 0 Å². The summed E-state index contributed by atoms with van der Waals surface area (Å²) >= 11 is 0. The second-order valence-electron chi connectivity index (χ2n) is 13.4. The summed E-state index contributed by atoms with van der Waals surface area (Å²) in [6, 6.07) is 10.8. The first-order chi connectivity index (χ1) is 16.8. The average Bonchev–Trinajstić information content (AvgIpc) is 3.20. The minimum atomic E-state index is -0.127.